The van der Waals surface area contributed by atoms with E-state index in [1.54, 1.807) is 0 Å². The van der Waals surface area contributed by atoms with Crippen molar-refractivity contribution in [3.8, 4) is 0 Å². The predicted molar refractivity (Wildman–Crippen MR) is 75.7 cm³/mol. The van der Waals surface area contributed by atoms with Crippen molar-refractivity contribution in [1.82, 2.24) is 0 Å². The van der Waals surface area contributed by atoms with E-state index >= 15 is 0 Å². The van der Waals surface area contributed by atoms with Gasteiger partial charge in [0.15, 0.2) is 0 Å². The summed E-state index contributed by atoms with van der Waals surface area (Å²) in [5.74, 6) is 0. The van der Waals surface area contributed by atoms with Crippen LogP contribution in [0.4, 0.5) is 0 Å². The van der Waals surface area contributed by atoms with Gasteiger partial charge < -0.3 is 0 Å². The molecule has 0 N–H and O–H groups in total. The fourth-order valence-corrected chi connectivity index (χ4v) is 2.72. The van der Waals surface area contributed by atoms with Gasteiger partial charge in [0.2, 0.25) is 5.12 Å². The maximum atomic E-state index is 11.6. The first-order valence-electron chi connectivity index (χ1n) is 4.51. The van der Waals surface area contributed by atoms with E-state index in [0.717, 1.165) is 14.4 Å². The van der Waals surface area contributed by atoms with Gasteiger partial charge in [-0.15, -0.1) is 11.8 Å². The first kappa shape index (κ1) is 12.0. The van der Waals surface area contributed by atoms with Crippen molar-refractivity contribution in [2.24, 2.45) is 4.99 Å². The monoisotopic (exact) mass is 313 g/mol. The molecule has 0 saturated carbocycles. The molecule has 0 radical (unpaired) electrons. The molecule has 1 aliphatic rings. The normalized spacial score (nSPS) is 18.0. The Balaban J connectivity index is 2.28. The lowest BCUT2D eigenvalue weighted by atomic mass is 10.2. The van der Waals surface area contributed by atoms with E-state index in [1.807, 2.05) is 36.6 Å². The van der Waals surface area contributed by atoms with Crippen LogP contribution < -0.4 is 0 Å². The first-order valence-corrected chi connectivity index (χ1v) is 7.34. The summed E-state index contributed by atoms with van der Waals surface area (Å²) in [7, 11) is 0. The number of hydrogen-bond acceptors (Lipinski definition) is 4. The van der Waals surface area contributed by atoms with E-state index in [2.05, 4.69) is 20.9 Å². The molecule has 1 aromatic carbocycles. The molecule has 2 nitrogen and oxygen atoms in total. The number of nitrogens with zero attached hydrogens (tertiary/aromatic N) is 1. The number of thioether (sulfide) groups is 2. The van der Waals surface area contributed by atoms with Crippen LogP contribution in [0.3, 0.4) is 0 Å². The van der Waals surface area contributed by atoms with E-state index in [9.17, 15) is 4.79 Å². The van der Waals surface area contributed by atoms with Crippen molar-refractivity contribution in [3.63, 3.8) is 0 Å². The minimum Gasteiger partial charge on any atom is -0.279 e. The summed E-state index contributed by atoms with van der Waals surface area (Å²) in [5, 5.41) is 0.0206. The summed E-state index contributed by atoms with van der Waals surface area (Å²) in [6.07, 6.45) is 3.73. The maximum absolute atomic E-state index is 11.6. The van der Waals surface area contributed by atoms with E-state index in [4.69, 9.17) is 0 Å². The Hall–Kier alpha value is -0.520. The van der Waals surface area contributed by atoms with Crippen molar-refractivity contribution in [1.29, 1.82) is 0 Å². The quantitative estimate of drug-likeness (QED) is 0.739. The summed E-state index contributed by atoms with van der Waals surface area (Å²) >= 11 is 6.06. The maximum Gasteiger partial charge on any atom is 0.244 e. The average molecular weight is 314 g/mol. The molecule has 16 heavy (non-hydrogen) atoms. The predicted octanol–water partition coefficient (Wildman–Crippen LogP) is 3.78. The smallest absolute Gasteiger partial charge is 0.244 e. The Bertz CT molecular complexity index is 479. The van der Waals surface area contributed by atoms with E-state index in [-0.39, 0.29) is 5.12 Å². The second kappa shape index (κ2) is 5.21. The van der Waals surface area contributed by atoms with Crippen LogP contribution in [0.15, 0.2) is 39.4 Å². The molecule has 1 aliphatic heterocycles. The van der Waals surface area contributed by atoms with Gasteiger partial charge in [-0.1, -0.05) is 28.1 Å². The molecule has 0 aromatic heterocycles. The van der Waals surface area contributed by atoms with Crippen LogP contribution in [0, 0.1) is 0 Å². The van der Waals surface area contributed by atoms with Crippen LogP contribution >= 0.6 is 39.5 Å². The zero-order chi connectivity index (χ0) is 11.5. The number of rotatable bonds is 1. The number of halogens is 1. The summed E-state index contributed by atoms with van der Waals surface area (Å²) < 4.78 is 1.84. The number of carbonyl (C=O) groups is 1. The molecule has 0 unspecified atom stereocenters. The van der Waals surface area contributed by atoms with Gasteiger partial charge in [0.1, 0.15) is 10.1 Å². The molecule has 82 valence electrons. The van der Waals surface area contributed by atoms with E-state index < -0.39 is 0 Å². The highest BCUT2D eigenvalue weighted by atomic mass is 79.9. The van der Waals surface area contributed by atoms with Gasteiger partial charge in [0.25, 0.3) is 0 Å². The number of aliphatic imine (C=N–C) groups is 1. The van der Waals surface area contributed by atoms with Crippen LogP contribution in [-0.2, 0) is 4.79 Å². The Morgan fingerprint density at radius 2 is 2.06 bits per heavy atom. The van der Waals surface area contributed by atoms with Gasteiger partial charge >= 0.3 is 0 Å². The van der Waals surface area contributed by atoms with Crippen LogP contribution in [0.2, 0.25) is 0 Å². The third kappa shape index (κ3) is 2.78. The molecule has 5 heteroatoms. The summed E-state index contributed by atoms with van der Waals surface area (Å²) in [6.45, 7) is 0. The van der Waals surface area contributed by atoms with Gasteiger partial charge in [-0.2, -0.15) is 0 Å². The van der Waals surface area contributed by atoms with Crippen LogP contribution in [-0.4, -0.2) is 15.7 Å². The molecule has 0 fully saturated rings. The van der Waals surface area contributed by atoms with Crippen molar-refractivity contribution in [2.45, 2.75) is 0 Å². The average Bonchev–Trinajstić information content (AvgIpc) is 2.63. The number of hydrogen-bond donors (Lipinski definition) is 0. The van der Waals surface area contributed by atoms with Gasteiger partial charge in [0, 0.05) is 4.47 Å². The number of carbonyl (C=O) groups excluding carboxylic acids is 1. The second-order valence-electron chi connectivity index (χ2n) is 3.05. The van der Waals surface area contributed by atoms with Gasteiger partial charge in [0.05, 0.1) is 0 Å². The molecular formula is C11H8BrNOS2. The highest BCUT2D eigenvalue weighted by Gasteiger charge is 2.20. The molecule has 1 aromatic rings. The summed E-state index contributed by atoms with van der Waals surface area (Å²) in [6, 6.07) is 7.78. The van der Waals surface area contributed by atoms with E-state index in [0.29, 0.717) is 5.70 Å². The first-order chi connectivity index (χ1) is 7.69. The molecule has 0 atom stereocenters. The molecule has 2 rings (SSSR count). The van der Waals surface area contributed by atoms with Crippen molar-refractivity contribution >= 4 is 55.0 Å². The SMILES string of the molecule is CSC1=NC(=Cc2ccc(Br)cc2)C(=O)S1. The number of benzene rings is 1. The Morgan fingerprint density at radius 1 is 1.38 bits per heavy atom. The van der Waals surface area contributed by atoms with Crippen LogP contribution in [0.25, 0.3) is 6.08 Å². The third-order valence-corrected chi connectivity index (χ3v) is 4.33. The topological polar surface area (TPSA) is 29.4 Å². The zero-order valence-electron chi connectivity index (χ0n) is 8.44. The van der Waals surface area contributed by atoms with E-state index in [1.165, 1.54) is 23.5 Å². The minimum atomic E-state index is 0.0206. The standard InChI is InChI=1S/C11H8BrNOS2/c1-15-11-13-9(10(14)16-11)6-7-2-4-8(12)5-3-7/h2-6H,1H3. The molecule has 1 heterocycles. The lowest BCUT2D eigenvalue weighted by Crippen LogP contribution is -1.87. The molecule has 0 bridgehead atoms. The van der Waals surface area contributed by atoms with Crippen molar-refractivity contribution < 1.29 is 4.79 Å². The second-order valence-corrected chi connectivity index (χ2v) is 5.98. The summed E-state index contributed by atoms with van der Waals surface area (Å²) in [5.41, 5.74) is 1.51. The third-order valence-electron chi connectivity index (χ3n) is 1.95. The van der Waals surface area contributed by atoms with Crippen LogP contribution in [0.5, 0.6) is 0 Å². The van der Waals surface area contributed by atoms with Gasteiger partial charge in [-0.3, -0.25) is 4.79 Å². The minimum absolute atomic E-state index is 0.0206. The van der Waals surface area contributed by atoms with Gasteiger partial charge in [-0.05, 0) is 41.8 Å². The van der Waals surface area contributed by atoms with Gasteiger partial charge in [-0.25, -0.2) is 4.99 Å². The summed E-state index contributed by atoms with van der Waals surface area (Å²) in [4.78, 5) is 15.8. The lowest BCUT2D eigenvalue weighted by Gasteiger charge is -1.94. The molecule has 0 aliphatic carbocycles. The van der Waals surface area contributed by atoms with Crippen molar-refractivity contribution in [3.05, 3.63) is 40.0 Å². The Labute approximate surface area is 111 Å². The Morgan fingerprint density at radius 3 is 2.62 bits per heavy atom. The zero-order valence-corrected chi connectivity index (χ0v) is 11.7. The Kier molecular flexibility index (Phi) is 3.89. The lowest BCUT2D eigenvalue weighted by molar-refractivity contribution is -0.107. The molecule has 0 saturated heterocycles. The van der Waals surface area contributed by atoms with Crippen LogP contribution in [0.1, 0.15) is 5.56 Å². The van der Waals surface area contributed by atoms with Crippen molar-refractivity contribution in [2.75, 3.05) is 6.26 Å². The highest BCUT2D eigenvalue weighted by Crippen LogP contribution is 2.29. The highest BCUT2D eigenvalue weighted by molar-refractivity contribution is 9.10. The largest absolute Gasteiger partial charge is 0.279 e. The molecule has 0 amide bonds. The fraction of sp³-hybridized carbons (Fsp3) is 0.0909. The fourth-order valence-electron chi connectivity index (χ4n) is 1.19. The molecule has 0 spiro atoms. The molecular weight excluding hydrogens is 306 g/mol.